The molecular formula is C16H19N5O4. The number of carboxylic acids is 1. The molecule has 0 amide bonds. The minimum atomic E-state index is -0.990. The number of aliphatic carboxylic acids is 1. The molecule has 2 N–H and O–H groups in total. The van der Waals surface area contributed by atoms with Gasteiger partial charge >= 0.3 is 5.97 Å². The smallest absolute Gasteiger partial charge is 0.322 e. The van der Waals surface area contributed by atoms with Gasteiger partial charge in [-0.25, -0.2) is 0 Å². The van der Waals surface area contributed by atoms with E-state index in [0.717, 1.165) is 5.56 Å². The number of morpholine rings is 1. The number of methoxy groups -OCH3 is 1. The van der Waals surface area contributed by atoms with Gasteiger partial charge in [-0.05, 0) is 12.1 Å². The minimum Gasteiger partial charge on any atom is -0.497 e. The molecule has 0 saturated carbocycles. The Bertz CT molecular complexity index is 749. The monoisotopic (exact) mass is 345 g/mol. The highest BCUT2D eigenvalue weighted by Crippen LogP contribution is 2.23. The summed E-state index contributed by atoms with van der Waals surface area (Å²) in [5.41, 5.74) is 0.759. The van der Waals surface area contributed by atoms with Crippen LogP contribution in [0.2, 0.25) is 0 Å². The average molecular weight is 345 g/mol. The first-order valence-corrected chi connectivity index (χ1v) is 7.84. The molecular weight excluding hydrogens is 326 g/mol. The van der Waals surface area contributed by atoms with Gasteiger partial charge in [-0.2, -0.15) is 15.0 Å². The molecule has 0 atom stereocenters. The van der Waals surface area contributed by atoms with E-state index in [4.69, 9.17) is 14.6 Å². The van der Waals surface area contributed by atoms with E-state index < -0.39 is 5.97 Å². The maximum absolute atomic E-state index is 10.8. The molecule has 0 unspecified atom stereocenters. The van der Waals surface area contributed by atoms with Crippen LogP contribution in [0.5, 0.6) is 5.75 Å². The third kappa shape index (κ3) is 4.32. The van der Waals surface area contributed by atoms with Gasteiger partial charge in [-0.15, -0.1) is 0 Å². The number of carboxylic acid groups (broad SMARTS) is 1. The van der Waals surface area contributed by atoms with Crippen molar-refractivity contribution < 1.29 is 19.4 Å². The highest BCUT2D eigenvalue weighted by molar-refractivity contribution is 5.72. The van der Waals surface area contributed by atoms with E-state index in [1.807, 2.05) is 29.2 Å². The Morgan fingerprint density at radius 2 is 2.12 bits per heavy atom. The molecule has 9 heteroatoms. The van der Waals surface area contributed by atoms with Crippen molar-refractivity contribution in [2.24, 2.45) is 0 Å². The lowest BCUT2D eigenvalue weighted by Gasteiger charge is -2.27. The number of hydrogen-bond donors (Lipinski definition) is 2. The Hall–Kier alpha value is -2.94. The Balaban J connectivity index is 1.97. The second-order valence-corrected chi connectivity index (χ2v) is 5.36. The summed E-state index contributed by atoms with van der Waals surface area (Å²) in [4.78, 5) is 26.0. The largest absolute Gasteiger partial charge is 0.497 e. The molecule has 3 rings (SSSR count). The highest BCUT2D eigenvalue weighted by Gasteiger charge is 2.17. The molecule has 0 aliphatic carbocycles. The fraction of sp³-hybridized carbons (Fsp3) is 0.375. The van der Waals surface area contributed by atoms with Crippen LogP contribution in [0, 0.1) is 0 Å². The molecule has 1 aliphatic heterocycles. The van der Waals surface area contributed by atoms with E-state index in [2.05, 4.69) is 20.3 Å². The number of aromatic nitrogens is 3. The Morgan fingerprint density at radius 1 is 1.32 bits per heavy atom. The first-order chi connectivity index (χ1) is 12.2. The molecule has 0 radical (unpaired) electrons. The second kappa shape index (κ2) is 7.75. The van der Waals surface area contributed by atoms with E-state index in [-0.39, 0.29) is 12.5 Å². The molecule has 132 valence electrons. The van der Waals surface area contributed by atoms with Crippen molar-refractivity contribution in [1.82, 2.24) is 15.0 Å². The van der Waals surface area contributed by atoms with E-state index in [9.17, 15) is 4.79 Å². The van der Waals surface area contributed by atoms with Crippen molar-refractivity contribution in [3.8, 4) is 17.1 Å². The number of anilines is 2. The van der Waals surface area contributed by atoms with Gasteiger partial charge in [0, 0.05) is 18.7 Å². The number of rotatable bonds is 6. The number of ether oxygens (including phenoxy) is 2. The van der Waals surface area contributed by atoms with Gasteiger partial charge < -0.3 is 24.8 Å². The summed E-state index contributed by atoms with van der Waals surface area (Å²) in [5, 5.41) is 11.6. The quantitative estimate of drug-likeness (QED) is 0.788. The van der Waals surface area contributed by atoms with Crippen LogP contribution in [0.15, 0.2) is 24.3 Å². The lowest BCUT2D eigenvalue weighted by Crippen LogP contribution is -2.37. The summed E-state index contributed by atoms with van der Waals surface area (Å²) < 4.78 is 10.6. The first kappa shape index (κ1) is 16.9. The predicted molar refractivity (Wildman–Crippen MR) is 91.0 cm³/mol. The summed E-state index contributed by atoms with van der Waals surface area (Å²) >= 11 is 0. The third-order valence-corrected chi connectivity index (χ3v) is 3.64. The topological polar surface area (TPSA) is 110 Å². The molecule has 1 saturated heterocycles. The van der Waals surface area contributed by atoms with Crippen LogP contribution in [0.1, 0.15) is 0 Å². The van der Waals surface area contributed by atoms with Crippen molar-refractivity contribution in [3.63, 3.8) is 0 Å². The van der Waals surface area contributed by atoms with Crippen molar-refractivity contribution in [3.05, 3.63) is 24.3 Å². The van der Waals surface area contributed by atoms with Gasteiger partial charge in [0.05, 0.1) is 20.3 Å². The SMILES string of the molecule is COc1cccc(-c2nc(NCC(=O)O)nc(N3CCOCC3)n2)c1. The molecule has 1 aliphatic rings. The van der Waals surface area contributed by atoms with E-state index >= 15 is 0 Å². The lowest BCUT2D eigenvalue weighted by atomic mass is 10.2. The number of nitrogens with one attached hydrogen (secondary N) is 1. The molecule has 2 heterocycles. The summed E-state index contributed by atoms with van der Waals surface area (Å²) in [5.74, 6) is 0.853. The Morgan fingerprint density at radius 3 is 2.84 bits per heavy atom. The molecule has 25 heavy (non-hydrogen) atoms. The van der Waals surface area contributed by atoms with Crippen LogP contribution in [0.25, 0.3) is 11.4 Å². The van der Waals surface area contributed by atoms with Crippen molar-refractivity contribution in [1.29, 1.82) is 0 Å². The van der Waals surface area contributed by atoms with Gasteiger partial charge in [-0.3, -0.25) is 4.79 Å². The number of carbonyl (C=O) groups is 1. The number of benzene rings is 1. The minimum absolute atomic E-state index is 0.219. The molecule has 0 bridgehead atoms. The number of hydrogen-bond acceptors (Lipinski definition) is 8. The maximum Gasteiger partial charge on any atom is 0.322 e. The van der Waals surface area contributed by atoms with Gasteiger partial charge in [-0.1, -0.05) is 12.1 Å². The normalized spacial score (nSPS) is 14.2. The number of nitrogens with zero attached hydrogens (tertiary/aromatic N) is 4. The molecule has 1 fully saturated rings. The Kier molecular flexibility index (Phi) is 5.24. The molecule has 0 spiro atoms. The first-order valence-electron chi connectivity index (χ1n) is 7.84. The van der Waals surface area contributed by atoms with Crippen LogP contribution >= 0.6 is 0 Å². The van der Waals surface area contributed by atoms with Crippen LogP contribution in [-0.2, 0) is 9.53 Å². The van der Waals surface area contributed by atoms with Crippen LogP contribution in [0.3, 0.4) is 0 Å². The van der Waals surface area contributed by atoms with Gasteiger partial charge in [0.2, 0.25) is 11.9 Å². The maximum atomic E-state index is 10.8. The van der Waals surface area contributed by atoms with Gasteiger partial charge in [0.25, 0.3) is 0 Å². The molecule has 9 nitrogen and oxygen atoms in total. The van der Waals surface area contributed by atoms with E-state index in [1.54, 1.807) is 7.11 Å². The summed E-state index contributed by atoms with van der Waals surface area (Å²) in [6.07, 6.45) is 0. The van der Waals surface area contributed by atoms with Crippen LogP contribution in [0.4, 0.5) is 11.9 Å². The highest BCUT2D eigenvalue weighted by atomic mass is 16.5. The van der Waals surface area contributed by atoms with E-state index in [1.165, 1.54) is 0 Å². The lowest BCUT2D eigenvalue weighted by molar-refractivity contribution is -0.134. The van der Waals surface area contributed by atoms with Gasteiger partial charge in [0.15, 0.2) is 5.82 Å². The molecule has 2 aromatic rings. The Labute approximate surface area is 144 Å². The predicted octanol–water partition coefficient (Wildman–Crippen LogP) is 0.880. The molecule has 1 aromatic carbocycles. The summed E-state index contributed by atoms with van der Waals surface area (Å²) in [6, 6.07) is 7.36. The zero-order chi connectivity index (χ0) is 17.6. The van der Waals surface area contributed by atoms with Crippen molar-refractivity contribution in [2.45, 2.75) is 0 Å². The molecule has 1 aromatic heterocycles. The van der Waals surface area contributed by atoms with E-state index in [0.29, 0.717) is 43.8 Å². The summed E-state index contributed by atoms with van der Waals surface area (Å²) in [6.45, 7) is 2.25. The fourth-order valence-electron chi connectivity index (χ4n) is 2.39. The van der Waals surface area contributed by atoms with Gasteiger partial charge in [0.1, 0.15) is 12.3 Å². The zero-order valence-electron chi connectivity index (χ0n) is 13.8. The fourth-order valence-corrected chi connectivity index (χ4v) is 2.39. The third-order valence-electron chi connectivity index (χ3n) is 3.64. The van der Waals surface area contributed by atoms with Crippen LogP contribution < -0.4 is 15.0 Å². The van der Waals surface area contributed by atoms with Crippen LogP contribution in [-0.4, -0.2) is 66.0 Å². The zero-order valence-corrected chi connectivity index (χ0v) is 13.8. The second-order valence-electron chi connectivity index (χ2n) is 5.36. The van der Waals surface area contributed by atoms with Crippen molar-refractivity contribution >= 4 is 17.9 Å². The standard InChI is InChI=1S/C16H19N5O4/c1-24-12-4-2-3-11(9-12)14-18-15(17-10-13(22)23)20-16(19-14)21-5-7-25-8-6-21/h2-4,9H,5-8,10H2,1H3,(H,22,23)(H,17,18,19,20). The average Bonchev–Trinajstić information content (AvgIpc) is 2.67. The van der Waals surface area contributed by atoms with Crippen molar-refractivity contribution in [2.75, 3.05) is 50.2 Å². The summed E-state index contributed by atoms with van der Waals surface area (Å²) in [7, 11) is 1.59.